The third-order valence-corrected chi connectivity index (χ3v) is 3.69. The largest absolute Gasteiger partial charge is 0.456 e. The maximum absolute atomic E-state index is 13.0. The molecule has 8 heteroatoms. The van der Waals surface area contributed by atoms with Crippen molar-refractivity contribution in [3.8, 4) is 11.1 Å². The normalized spacial score (nSPS) is 15.8. The van der Waals surface area contributed by atoms with E-state index >= 15 is 0 Å². The summed E-state index contributed by atoms with van der Waals surface area (Å²) in [6.45, 7) is 0. The van der Waals surface area contributed by atoms with Crippen LogP contribution >= 0.6 is 12.2 Å². The van der Waals surface area contributed by atoms with Gasteiger partial charge in [-0.2, -0.15) is 4.39 Å². The molecule has 1 saturated heterocycles. The van der Waals surface area contributed by atoms with E-state index in [1.165, 1.54) is 12.3 Å². The van der Waals surface area contributed by atoms with Crippen LogP contribution in [-0.4, -0.2) is 21.0 Å². The molecule has 0 unspecified atom stereocenters. The Morgan fingerprint density at radius 1 is 1.21 bits per heavy atom. The Labute approximate surface area is 140 Å². The van der Waals surface area contributed by atoms with Gasteiger partial charge in [0, 0.05) is 41.2 Å². The van der Waals surface area contributed by atoms with Crippen molar-refractivity contribution in [2.24, 2.45) is 0 Å². The van der Waals surface area contributed by atoms with Crippen LogP contribution in [0.2, 0.25) is 0 Å². The molecular weight excluding hydrogens is 331 g/mol. The van der Waals surface area contributed by atoms with Gasteiger partial charge in [-0.25, -0.2) is 4.98 Å². The van der Waals surface area contributed by atoms with Crippen molar-refractivity contribution in [3.05, 3.63) is 54.2 Å². The topological polar surface area (TPSA) is 80.0 Å². The standard InChI is InChI=1S/C16H9FN4O2S/c17-13-2-1-8(6-19-13)11-7-18-5-9-3-10(23-14(9)11)4-12-15(22)21-16(24)20-12/h1-7H,(H2,20,21,22,24). The second kappa shape index (κ2) is 5.50. The maximum atomic E-state index is 13.0. The second-order valence-electron chi connectivity index (χ2n) is 5.09. The summed E-state index contributed by atoms with van der Waals surface area (Å²) >= 11 is 4.89. The lowest BCUT2D eigenvalue weighted by molar-refractivity contribution is -0.115. The predicted molar refractivity (Wildman–Crippen MR) is 89.1 cm³/mol. The third-order valence-electron chi connectivity index (χ3n) is 3.49. The van der Waals surface area contributed by atoms with Crippen molar-refractivity contribution >= 4 is 40.3 Å². The molecule has 118 valence electrons. The average Bonchev–Trinajstić information content (AvgIpc) is 3.10. The number of aromatic nitrogens is 2. The first-order valence-corrected chi connectivity index (χ1v) is 7.34. The summed E-state index contributed by atoms with van der Waals surface area (Å²) in [5.74, 6) is -0.406. The lowest BCUT2D eigenvalue weighted by Crippen LogP contribution is -2.21. The van der Waals surface area contributed by atoms with E-state index in [0.717, 1.165) is 5.39 Å². The zero-order valence-electron chi connectivity index (χ0n) is 12.0. The summed E-state index contributed by atoms with van der Waals surface area (Å²) in [6.07, 6.45) is 6.24. The van der Waals surface area contributed by atoms with Gasteiger partial charge >= 0.3 is 0 Å². The van der Waals surface area contributed by atoms with Gasteiger partial charge in [0.2, 0.25) is 5.95 Å². The van der Waals surface area contributed by atoms with Crippen LogP contribution in [0, 0.1) is 5.95 Å². The van der Waals surface area contributed by atoms with Gasteiger partial charge in [0.15, 0.2) is 5.11 Å². The molecule has 2 N–H and O–H groups in total. The molecule has 1 fully saturated rings. The van der Waals surface area contributed by atoms with E-state index in [2.05, 4.69) is 20.6 Å². The highest BCUT2D eigenvalue weighted by Crippen LogP contribution is 2.30. The van der Waals surface area contributed by atoms with Crippen molar-refractivity contribution in [3.63, 3.8) is 0 Å². The minimum absolute atomic E-state index is 0.252. The molecule has 24 heavy (non-hydrogen) atoms. The quantitative estimate of drug-likeness (QED) is 0.424. The summed E-state index contributed by atoms with van der Waals surface area (Å²) in [7, 11) is 0. The second-order valence-corrected chi connectivity index (χ2v) is 5.50. The van der Waals surface area contributed by atoms with Crippen LogP contribution in [-0.2, 0) is 4.79 Å². The lowest BCUT2D eigenvalue weighted by atomic mass is 10.1. The molecule has 0 radical (unpaired) electrons. The van der Waals surface area contributed by atoms with Crippen LogP contribution in [0.15, 0.2) is 46.9 Å². The summed E-state index contributed by atoms with van der Waals surface area (Å²) in [5.41, 5.74) is 2.24. The molecule has 0 saturated carbocycles. The summed E-state index contributed by atoms with van der Waals surface area (Å²) < 4.78 is 18.8. The first-order valence-electron chi connectivity index (χ1n) is 6.94. The van der Waals surface area contributed by atoms with Crippen molar-refractivity contribution in [1.82, 2.24) is 20.6 Å². The monoisotopic (exact) mass is 340 g/mol. The molecule has 0 atom stereocenters. The van der Waals surface area contributed by atoms with Crippen LogP contribution < -0.4 is 10.6 Å². The molecule has 4 rings (SSSR count). The molecular formula is C16H9FN4O2S. The van der Waals surface area contributed by atoms with Gasteiger partial charge in [-0.05, 0) is 30.4 Å². The molecule has 3 aromatic rings. The minimum atomic E-state index is -0.557. The molecule has 1 aliphatic heterocycles. The first kappa shape index (κ1) is 14.5. The van der Waals surface area contributed by atoms with E-state index in [4.69, 9.17) is 16.6 Å². The predicted octanol–water partition coefficient (Wildman–Crippen LogP) is 2.37. The fraction of sp³-hybridized carbons (Fsp3) is 0. The van der Waals surface area contributed by atoms with Crippen LogP contribution in [0.5, 0.6) is 0 Å². The number of hydrogen-bond donors (Lipinski definition) is 2. The van der Waals surface area contributed by atoms with E-state index in [0.29, 0.717) is 28.2 Å². The van der Waals surface area contributed by atoms with Crippen LogP contribution in [0.3, 0.4) is 0 Å². The summed E-state index contributed by atoms with van der Waals surface area (Å²) in [6, 6.07) is 4.63. The number of carbonyl (C=O) groups is 1. The molecule has 1 aliphatic rings. The number of carbonyl (C=O) groups excluding carboxylic acids is 1. The van der Waals surface area contributed by atoms with Crippen molar-refractivity contribution < 1.29 is 13.6 Å². The average molecular weight is 340 g/mol. The highest BCUT2D eigenvalue weighted by atomic mass is 32.1. The number of fused-ring (bicyclic) bond motifs is 1. The molecule has 4 heterocycles. The molecule has 3 aromatic heterocycles. The molecule has 0 aliphatic carbocycles. The van der Waals surface area contributed by atoms with Gasteiger partial charge in [-0.15, -0.1) is 0 Å². The van der Waals surface area contributed by atoms with E-state index < -0.39 is 5.95 Å². The zero-order valence-corrected chi connectivity index (χ0v) is 12.9. The summed E-state index contributed by atoms with van der Waals surface area (Å²) in [5, 5.41) is 6.24. The molecule has 6 nitrogen and oxygen atoms in total. The van der Waals surface area contributed by atoms with Gasteiger partial charge < -0.3 is 9.73 Å². The zero-order chi connectivity index (χ0) is 16.7. The van der Waals surface area contributed by atoms with Crippen LogP contribution in [0.1, 0.15) is 5.76 Å². The van der Waals surface area contributed by atoms with Crippen LogP contribution in [0.4, 0.5) is 4.39 Å². The molecule has 0 bridgehead atoms. The number of pyridine rings is 2. The molecule has 0 aromatic carbocycles. The number of rotatable bonds is 2. The van der Waals surface area contributed by atoms with E-state index in [1.54, 1.807) is 30.6 Å². The Morgan fingerprint density at radius 2 is 2.08 bits per heavy atom. The highest BCUT2D eigenvalue weighted by Gasteiger charge is 2.21. The Kier molecular flexibility index (Phi) is 3.31. The van der Waals surface area contributed by atoms with Gasteiger partial charge in [-0.3, -0.25) is 15.1 Å². The Morgan fingerprint density at radius 3 is 2.79 bits per heavy atom. The van der Waals surface area contributed by atoms with Crippen LogP contribution in [0.25, 0.3) is 28.2 Å². The Bertz CT molecular complexity index is 1010. The van der Waals surface area contributed by atoms with Crippen molar-refractivity contribution in [2.45, 2.75) is 0 Å². The van der Waals surface area contributed by atoms with E-state index in [1.807, 2.05) is 0 Å². The number of furan rings is 1. The van der Waals surface area contributed by atoms with Gasteiger partial charge in [0.05, 0.1) is 0 Å². The maximum Gasteiger partial charge on any atom is 0.274 e. The number of hydrogen-bond acceptors (Lipinski definition) is 5. The number of amides is 1. The fourth-order valence-corrected chi connectivity index (χ4v) is 2.62. The Balaban J connectivity index is 1.80. The molecule has 0 spiro atoms. The van der Waals surface area contributed by atoms with E-state index in [-0.39, 0.29) is 11.0 Å². The highest BCUT2D eigenvalue weighted by molar-refractivity contribution is 7.80. The number of halogens is 1. The van der Waals surface area contributed by atoms with Gasteiger partial charge in [0.25, 0.3) is 5.91 Å². The van der Waals surface area contributed by atoms with Crippen molar-refractivity contribution in [1.29, 1.82) is 0 Å². The molecule has 1 amide bonds. The third kappa shape index (κ3) is 2.52. The van der Waals surface area contributed by atoms with Crippen molar-refractivity contribution in [2.75, 3.05) is 0 Å². The minimum Gasteiger partial charge on any atom is -0.456 e. The fourth-order valence-electron chi connectivity index (χ4n) is 2.42. The number of nitrogens with zero attached hydrogens (tertiary/aromatic N) is 2. The van der Waals surface area contributed by atoms with Gasteiger partial charge in [-0.1, -0.05) is 0 Å². The SMILES string of the molecule is O=C1NC(=S)NC1=Cc1cc2cncc(-c3ccc(F)nc3)c2o1. The number of nitrogens with one attached hydrogen (secondary N) is 2. The smallest absolute Gasteiger partial charge is 0.274 e. The Hall–Kier alpha value is -3.13. The lowest BCUT2D eigenvalue weighted by Gasteiger charge is -2.01. The summed E-state index contributed by atoms with van der Waals surface area (Å²) in [4.78, 5) is 19.5. The van der Waals surface area contributed by atoms with Gasteiger partial charge in [0.1, 0.15) is 17.0 Å². The first-order chi connectivity index (χ1) is 11.6. The van der Waals surface area contributed by atoms with E-state index in [9.17, 15) is 9.18 Å². The number of thiocarbonyl (C=S) groups is 1.